The molecular weight excluding hydrogens is 424 g/mol. The predicted octanol–water partition coefficient (Wildman–Crippen LogP) is 5.78. The summed E-state index contributed by atoms with van der Waals surface area (Å²) in [5.41, 5.74) is 3.11. The van der Waals surface area contributed by atoms with Crippen LogP contribution in [0.1, 0.15) is 52.4 Å². The van der Waals surface area contributed by atoms with Gasteiger partial charge < -0.3 is 9.84 Å². The number of phenolic OH excluding ortho intramolecular Hbond substituents is 1. The van der Waals surface area contributed by atoms with Gasteiger partial charge in [0.15, 0.2) is 5.76 Å². The number of nitrogens with zero attached hydrogens (tertiary/aromatic N) is 2. The quantitative estimate of drug-likeness (QED) is 0.514. The third-order valence-electron chi connectivity index (χ3n) is 6.13. The highest BCUT2D eigenvalue weighted by Crippen LogP contribution is 2.42. The highest BCUT2D eigenvalue weighted by Gasteiger charge is 2.33. The minimum Gasteiger partial charge on any atom is -0.507 e. The summed E-state index contributed by atoms with van der Waals surface area (Å²) in [6.07, 6.45) is 8.67. The number of piperidine rings is 1. The fraction of sp³-hybridized carbons (Fsp3) is 0.231. The van der Waals surface area contributed by atoms with Gasteiger partial charge in [0.25, 0.3) is 0 Å². The molecule has 1 aromatic heterocycles. The zero-order valence-electron chi connectivity index (χ0n) is 17.5. The van der Waals surface area contributed by atoms with Crippen LogP contribution < -0.4 is 4.74 Å². The van der Waals surface area contributed by atoms with Crippen molar-refractivity contribution in [3.8, 4) is 11.5 Å². The van der Waals surface area contributed by atoms with Gasteiger partial charge in [-0.2, -0.15) is 0 Å². The van der Waals surface area contributed by atoms with E-state index in [0.29, 0.717) is 28.4 Å². The number of Topliss-reactive ketones (excluding diaryl/α,β-unsaturated/α-hetero) is 1. The Balaban J connectivity index is 1.46. The van der Waals surface area contributed by atoms with Gasteiger partial charge in [-0.3, -0.25) is 14.7 Å². The summed E-state index contributed by atoms with van der Waals surface area (Å²) in [7, 11) is 0. The summed E-state index contributed by atoms with van der Waals surface area (Å²) in [5, 5.41) is 11.3. The van der Waals surface area contributed by atoms with Gasteiger partial charge in [-0.1, -0.05) is 36.2 Å². The smallest absolute Gasteiger partial charge is 0.231 e. The zero-order chi connectivity index (χ0) is 22.1. The van der Waals surface area contributed by atoms with E-state index in [2.05, 4.69) is 16.0 Å². The number of ketones is 1. The van der Waals surface area contributed by atoms with Crippen LogP contribution >= 0.6 is 11.6 Å². The lowest BCUT2D eigenvalue weighted by atomic mass is 9.95. The molecule has 2 aliphatic heterocycles. The molecule has 5 rings (SSSR count). The second-order valence-electron chi connectivity index (χ2n) is 8.20. The zero-order valence-corrected chi connectivity index (χ0v) is 18.3. The van der Waals surface area contributed by atoms with E-state index in [1.165, 1.54) is 5.56 Å². The second-order valence-corrected chi connectivity index (χ2v) is 8.64. The van der Waals surface area contributed by atoms with Crippen molar-refractivity contribution in [2.45, 2.75) is 31.8 Å². The average Bonchev–Trinajstić information content (AvgIpc) is 3.13. The Hall–Kier alpha value is -3.15. The SMILES string of the molecule is O=C1/C(=C/c2ccc(Cl)cc2)Oc2c1ccc(O)c2CN1CCCC[C@H]1c1cccnc1. The molecular formula is C26H23ClN2O3. The summed E-state index contributed by atoms with van der Waals surface area (Å²) in [6, 6.07) is 14.7. The Morgan fingerprint density at radius 3 is 2.78 bits per heavy atom. The van der Waals surface area contributed by atoms with Gasteiger partial charge in [0.1, 0.15) is 11.5 Å². The molecule has 5 nitrogen and oxygen atoms in total. The second kappa shape index (κ2) is 8.77. The third-order valence-corrected chi connectivity index (χ3v) is 6.38. The van der Waals surface area contributed by atoms with Gasteiger partial charge in [0, 0.05) is 30.0 Å². The molecule has 1 saturated heterocycles. The number of ether oxygens (including phenoxy) is 1. The number of aromatic hydroxyl groups is 1. The van der Waals surface area contributed by atoms with Crippen LogP contribution in [0, 0.1) is 0 Å². The maximum absolute atomic E-state index is 13.0. The number of rotatable bonds is 4. The number of carbonyl (C=O) groups excluding carboxylic acids is 1. The van der Waals surface area contributed by atoms with Crippen molar-refractivity contribution in [3.63, 3.8) is 0 Å². The molecule has 1 N–H and O–H groups in total. The number of aromatic nitrogens is 1. The Morgan fingerprint density at radius 1 is 1.16 bits per heavy atom. The number of phenols is 1. The van der Waals surface area contributed by atoms with E-state index in [0.717, 1.165) is 31.4 Å². The number of benzene rings is 2. The fourth-order valence-electron chi connectivity index (χ4n) is 4.49. The molecule has 162 valence electrons. The summed E-state index contributed by atoms with van der Waals surface area (Å²) in [5.74, 6) is 0.654. The molecule has 2 aromatic carbocycles. The molecule has 0 bridgehead atoms. The first-order valence-electron chi connectivity index (χ1n) is 10.8. The molecule has 1 fully saturated rings. The topological polar surface area (TPSA) is 62.7 Å². The van der Waals surface area contributed by atoms with Crippen LogP contribution in [0.2, 0.25) is 5.02 Å². The van der Waals surface area contributed by atoms with Crippen molar-refractivity contribution in [1.82, 2.24) is 9.88 Å². The number of hydrogen-bond acceptors (Lipinski definition) is 5. The normalized spacial score (nSPS) is 19.7. The van der Waals surface area contributed by atoms with E-state index >= 15 is 0 Å². The van der Waals surface area contributed by atoms with Crippen LogP contribution in [0.15, 0.2) is 66.7 Å². The van der Waals surface area contributed by atoms with Gasteiger partial charge in [-0.25, -0.2) is 0 Å². The van der Waals surface area contributed by atoms with Gasteiger partial charge in [-0.05, 0) is 66.9 Å². The third kappa shape index (κ3) is 4.01. The van der Waals surface area contributed by atoms with Crippen molar-refractivity contribution >= 4 is 23.5 Å². The van der Waals surface area contributed by atoms with Crippen molar-refractivity contribution < 1.29 is 14.6 Å². The van der Waals surface area contributed by atoms with Crippen LogP contribution in [0.25, 0.3) is 6.08 Å². The Bertz CT molecular complexity index is 1180. The molecule has 32 heavy (non-hydrogen) atoms. The fourth-order valence-corrected chi connectivity index (χ4v) is 4.62. The predicted molar refractivity (Wildman–Crippen MR) is 124 cm³/mol. The monoisotopic (exact) mass is 446 g/mol. The number of pyridine rings is 1. The first-order valence-corrected chi connectivity index (χ1v) is 11.2. The Morgan fingerprint density at radius 2 is 2.00 bits per heavy atom. The lowest BCUT2D eigenvalue weighted by Crippen LogP contribution is -2.33. The van der Waals surface area contributed by atoms with Crippen LogP contribution in [0.4, 0.5) is 0 Å². The van der Waals surface area contributed by atoms with E-state index in [1.54, 1.807) is 36.5 Å². The lowest BCUT2D eigenvalue weighted by molar-refractivity contribution is 0.101. The van der Waals surface area contributed by atoms with E-state index in [9.17, 15) is 9.90 Å². The van der Waals surface area contributed by atoms with E-state index in [4.69, 9.17) is 16.3 Å². The molecule has 0 aliphatic carbocycles. The first kappa shape index (κ1) is 20.7. The maximum atomic E-state index is 13.0. The standard InChI is InChI=1S/C26H23ClN2O3/c27-19-8-6-17(7-9-19)14-24-25(31)20-10-11-23(30)21(26(20)32-24)16-29-13-2-1-5-22(29)18-4-3-12-28-15-18/h3-4,6-12,14-15,22,30H,1-2,5,13,16H2/b24-14-/t22-/m0/s1. The molecule has 0 spiro atoms. The molecule has 6 heteroatoms. The van der Waals surface area contributed by atoms with Crippen molar-refractivity contribution in [1.29, 1.82) is 0 Å². The van der Waals surface area contributed by atoms with Crippen molar-refractivity contribution in [2.75, 3.05) is 6.54 Å². The highest BCUT2D eigenvalue weighted by molar-refractivity contribution is 6.30. The van der Waals surface area contributed by atoms with E-state index in [1.807, 2.05) is 24.4 Å². The molecule has 0 radical (unpaired) electrons. The number of halogens is 1. The van der Waals surface area contributed by atoms with E-state index < -0.39 is 0 Å². The summed E-state index contributed by atoms with van der Waals surface area (Å²) in [6.45, 7) is 1.40. The van der Waals surface area contributed by atoms with Crippen LogP contribution in [0.3, 0.4) is 0 Å². The largest absolute Gasteiger partial charge is 0.507 e. The average molecular weight is 447 g/mol. The number of likely N-dealkylation sites (tertiary alicyclic amines) is 1. The summed E-state index contributed by atoms with van der Waals surface area (Å²) in [4.78, 5) is 19.6. The van der Waals surface area contributed by atoms with Crippen LogP contribution in [0.5, 0.6) is 11.5 Å². The van der Waals surface area contributed by atoms with Gasteiger partial charge in [-0.15, -0.1) is 0 Å². The number of hydrogen-bond donors (Lipinski definition) is 1. The number of fused-ring (bicyclic) bond motifs is 1. The molecule has 2 aliphatic rings. The first-order chi connectivity index (χ1) is 15.6. The minimum atomic E-state index is -0.182. The van der Waals surface area contributed by atoms with Crippen molar-refractivity contribution in [3.05, 3.63) is 94.0 Å². The molecule has 0 saturated carbocycles. The number of carbonyl (C=O) groups is 1. The molecule has 0 unspecified atom stereocenters. The maximum Gasteiger partial charge on any atom is 0.231 e. The molecule has 3 heterocycles. The lowest BCUT2D eigenvalue weighted by Gasteiger charge is -2.36. The van der Waals surface area contributed by atoms with Gasteiger partial charge in [0.2, 0.25) is 5.78 Å². The molecule has 1 atom stereocenters. The molecule has 3 aromatic rings. The van der Waals surface area contributed by atoms with E-state index in [-0.39, 0.29) is 23.3 Å². The van der Waals surface area contributed by atoms with Crippen LogP contribution in [-0.2, 0) is 6.54 Å². The van der Waals surface area contributed by atoms with Crippen LogP contribution in [-0.4, -0.2) is 27.3 Å². The molecule has 0 amide bonds. The number of allylic oxidation sites excluding steroid dienone is 1. The van der Waals surface area contributed by atoms with Crippen molar-refractivity contribution in [2.24, 2.45) is 0 Å². The summed E-state index contributed by atoms with van der Waals surface area (Å²) < 4.78 is 6.03. The van der Waals surface area contributed by atoms with Gasteiger partial charge >= 0.3 is 0 Å². The minimum absolute atomic E-state index is 0.139. The van der Waals surface area contributed by atoms with Gasteiger partial charge in [0.05, 0.1) is 11.1 Å². The highest BCUT2D eigenvalue weighted by atomic mass is 35.5. The summed E-state index contributed by atoms with van der Waals surface area (Å²) >= 11 is 5.96. The Kier molecular flexibility index (Phi) is 5.68. The Labute approximate surface area is 191 Å².